The molecule has 0 aliphatic carbocycles. The molecular weight excluding hydrogens is 326 g/mol. The van der Waals surface area contributed by atoms with Gasteiger partial charge in [-0.25, -0.2) is 0 Å². The monoisotopic (exact) mass is 353 g/mol. The first kappa shape index (κ1) is 18.0. The highest BCUT2D eigenvalue weighted by Crippen LogP contribution is 2.27. The van der Waals surface area contributed by atoms with Crippen LogP contribution in [0.25, 0.3) is 0 Å². The van der Waals surface area contributed by atoms with E-state index in [4.69, 9.17) is 26.8 Å². The zero-order chi connectivity index (χ0) is 16.9. The van der Waals surface area contributed by atoms with Crippen LogP contribution >= 0.6 is 11.6 Å². The van der Waals surface area contributed by atoms with Crippen molar-refractivity contribution in [2.45, 2.75) is 19.5 Å². The van der Waals surface area contributed by atoms with Crippen LogP contribution in [0.15, 0.2) is 18.2 Å². The van der Waals surface area contributed by atoms with Gasteiger partial charge in [-0.3, -0.25) is 9.80 Å². The van der Waals surface area contributed by atoms with E-state index in [9.17, 15) is 0 Å². The Bertz CT molecular complexity index is 527. The van der Waals surface area contributed by atoms with Crippen molar-refractivity contribution in [2.24, 2.45) is 11.7 Å². The molecule has 2 N–H and O–H groups in total. The number of benzene rings is 1. The molecule has 0 aromatic heterocycles. The number of halogens is 1. The average Bonchev–Trinajstić information content (AvgIpc) is 2.88. The second kappa shape index (κ2) is 8.50. The highest BCUT2D eigenvalue weighted by Gasteiger charge is 2.26. The number of morpholine rings is 1. The van der Waals surface area contributed by atoms with Gasteiger partial charge in [0.05, 0.1) is 18.2 Å². The number of nitrogens with zero attached hydrogens (tertiary/aromatic N) is 2. The van der Waals surface area contributed by atoms with Crippen LogP contribution in [0.4, 0.5) is 0 Å². The van der Waals surface area contributed by atoms with E-state index < -0.39 is 0 Å². The van der Waals surface area contributed by atoms with Gasteiger partial charge in [0.1, 0.15) is 12.4 Å². The Hall–Kier alpha value is -0.850. The van der Waals surface area contributed by atoms with Gasteiger partial charge in [0.25, 0.3) is 0 Å². The number of nitrogens with two attached hydrogens (primary N) is 1. The fourth-order valence-corrected chi connectivity index (χ4v) is 3.61. The molecule has 5 nitrogen and oxygen atoms in total. The molecule has 0 saturated carbocycles. The van der Waals surface area contributed by atoms with Gasteiger partial charge in [0.2, 0.25) is 0 Å². The largest absolute Gasteiger partial charge is 0.491 e. The molecular formula is C18H28ClN3O2. The second-order valence-electron chi connectivity index (χ2n) is 6.90. The molecule has 2 aliphatic heterocycles. The molecule has 3 rings (SSSR count). The van der Waals surface area contributed by atoms with Gasteiger partial charge in [-0.1, -0.05) is 24.6 Å². The first-order chi connectivity index (χ1) is 11.6. The molecule has 24 heavy (non-hydrogen) atoms. The van der Waals surface area contributed by atoms with Crippen molar-refractivity contribution in [3.05, 3.63) is 28.8 Å². The summed E-state index contributed by atoms with van der Waals surface area (Å²) in [6, 6.07) is 6.38. The maximum atomic E-state index is 6.39. The Morgan fingerprint density at radius 2 is 2.04 bits per heavy atom. The summed E-state index contributed by atoms with van der Waals surface area (Å²) in [7, 11) is 0. The molecule has 1 aromatic rings. The van der Waals surface area contributed by atoms with Crippen molar-refractivity contribution in [3.8, 4) is 5.75 Å². The lowest BCUT2D eigenvalue weighted by Gasteiger charge is -2.26. The van der Waals surface area contributed by atoms with Gasteiger partial charge in [-0.2, -0.15) is 0 Å². The van der Waals surface area contributed by atoms with E-state index in [1.807, 2.05) is 12.1 Å². The summed E-state index contributed by atoms with van der Waals surface area (Å²) in [6.07, 6.45) is 0. The Labute approximate surface area is 149 Å². The first-order valence-electron chi connectivity index (χ1n) is 8.81. The van der Waals surface area contributed by atoms with E-state index in [1.54, 1.807) is 0 Å². The summed E-state index contributed by atoms with van der Waals surface area (Å²) in [5.41, 5.74) is 7.30. The average molecular weight is 354 g/mol. The van der Waals surface area contributed by atoms with E-state index in [2.05, 4.69) is 22.8 Å². The third kappa shape index (κ3) is 4.83. The van der Waals surface area contributed by atoms with E-state index in [0.29, 0.717) is 17.5 Å². The van der Waals surface area contributed by atoms with Gasteiger partial charge in [-0.05, 0) is 23.6 Å². The van der Waals surface area contributed by atoms with Gasteiger partial charge >= 0.3 is 0 Å². The van der Waals surface area contributed by atoms with Gasteiger partial charge in [0, 0.05) is 45.3 Å². The van der Waals surface area contributed by atoms with Crippen LogP contribution in [0.3, 0.4) is 0 Å². The molecule has 134 valence electrons. The van der Waals surface area contributed by atoms with Crippen molar-refractivity contribution < 1.29 is 9.47 Å². The lowest BCUT2D eigenvalue weighted by atomic mass is 10.1. The summed E-state index contributed by atoms with van der Waals surface area (Å²) < 4.78 is 11.2. The van der Waals surface area contributed by atoms with Gasteiger partial charge < -0.3 is 15.2 Å². The normalized spacial score (nSPS) is 26.0. The van der Waals surface area contributed by atoms with Crippen LogP contribution in [0.2, 0.25) is 5.02 Å². The predicted octanol–water partition coefficient (Wildman–Crippen LogP) is 1.83. The molecule has 2 unspecified atom stereocenters. The van der Waals surface area contributed by atoms with Gasteiger partial charge in [-0.15, -0.1) is 0 Å². The van der Waals surface area contributed by atoms with E-state index >= 15 is 0 Å². The molecule has 0 spiro atoms. The Kier molecular flexibility index (Phi) is 6.36. The molecule has 2 fully saturated rings. The minimum absolute atomic E-state index is 0.281. The fourth-order valence-electron chi connectivity index (χ4n) is 3.35. The minimum Gasteiger partial charge on any atom is -0.491 e. The van der Waals surface area contributed by atoms with E-state index in [1.165, 1.54) is 5.56 Å². The van der Waals surface area contributed by atoms with Crippen LogP contribution in [0, 0.1) is 5.92 Å². The fraction of sp³-hybridized carbons (Fsp3) is 0.667. The molecule has 2 aliphatic rings. The van der Waals surface area contributed by atoms with E-state index in [0.717, 1.165) is 58.2 Å². The first-order valence-corrected chi connectivity index (χ1v) is 9.19. The smallest absolute Gasteiger partial charge is 0.137 e. The summed E-state index contributed by atoms with van der Waals surface area (Å²) in [5, 5.41) is 0.686. The number of rotatable bonds is 6. The van der Waals surface area contributed by atoms with Crippen molar-refractivity contribution >= 4 is 11.6 Å². The van der Waals surface area contributed by atoms with Gasteiger partial charge in [0.15, 0.2) is 0 Å². The van der Waals surface area contributed by atoms with Crippen molar-refractivity contribution in [2.75, 3.05) is 52.5 Å². The second-order valence-corrected chi connectivity index (χ2v) is 7.31. The molecule has 0 radical (unpaired) electrons. The number of likely N-dealkylation sites (tertiary alicyclic amines) is 1. The molecule has 6 heteroatoms. The third-order valence-electron chi connectivity index (χ3n) is 4.92. The van der Waals surface area contributed by atoms with Crippen LogP contribution in [0.1, 0.15) is 12.5 Å². The maximum Gasteiger partial charge on any atom is 0.137 e. The number of hydrogen-bond acceptors (Lipinski definition) is 5. The zero-order valence-electron chi connectivity index (χ0n) is 14.4. The number of ether oxygens (including phenoxy) is 2. The van der Waals surface area contributed by atoms with E-state index in [-0.39, 0.29) is 6.04 Å². The quantitative estimate of drug-likeness (QED) is 0.845. The SMILES string of the molecule is CC1CN(Cc2ccc(OCCN3CCOCC3)c(Cl)c2)CC1N. The highest BCUT2D eigenvalue weighted by molar-refractivity contribution is 6.32. The molecule has 2 saturated heterocycles. The Morgan fingerprint density at radius 3 is 2.71 bits per heavy atom. The van der Waals surface area contributed by atoms with Crippen molar-refractivity contribution in [1.29, 1.82) is 0 Å². The van der Waals surface area contributed by atoms with Crippen molar-refractivity contribution in [3.63, 3.8) is 0 Å². The minimum atomic E-state index is 0.281. The standard InChI is InChI=1S/C18H28ClN3O2/c1-14-11-22(13-17(14)20)12-15-2-3-18(16(19)10-15)24-9-6-21-4-7-23-8-5-21/h2-3,10,14,17H,4-9,11-13,20H2,1H3. The Balaban J connectivity index is 1.47. The van der Waals surface area contributed by atoms with Crippen molar-refractivity contribution in [1.82, 2.24) is 9.80 Å². The maximum absolute atomic E-state index is 6.39. The summed E-state index contributed by atoms with van der Waals surface area (Å²) in [6.45, 7) is 10.3. The molecule has 0 bridgehead atoms. The molecule has 2 heterocycles. The topological polar surface area (TPSA) is 51.0 Å². The zero-order valence-corrected chi connectivity index (χ0v) is 15.2. The summed E-state index contributed by atoms with van der Waals surface area (Å²) >= 11 is 6.39. The lowest BCUT2D eigenvalue weighted by Crippen LogP contribution is -2.38. The van der Waals surface area contributed by atoms with Crippen LogP contribution in [0.5, 0.6) is 5.75 Å². The van der Waals surface area contributed by atoms with Crippen LogP contribution in [-0.4, -0.2) is 68.4 Å². The third-order valence-corrected chi connectivity index (χ3v) is 5.21. The van der Waals surface area contributed by atoms with Crippen LogP contribution in [-0.2, 0) is 11.3 Å². The van der Waals surface area contributed by atoms with Crippen LogP contribution < -0.4 is 10.5 Å². The molecule has 0 amide bonds. The molecule has 2 atom stereocenters. The highest BCUT2D eigenvalue weighted by atomic mass is 35.5. The summed E-state index contributed by atoms with van der Waals surface area (Å²) in [4.78, 5) is 4.74. The lowest BCUT2D eigenvalue weighted by molar-refractivity contribution is 0.0322. The Morgan fingerprint density at radius 1 is 1.25 bits per heavy atom. The summed E-state index contributed by atoms with van der Waals surface area (Å²) in [5.74, 6) is 1.32. The predicted molar refractivity (Wildman–Crippen MR) is 96.6 cm³/mol. The number of hydrogen-bond donors (Lipinski definition) is 1. The molecule has 1 aromatic carbocycles.